The lowest BCUT2D eigenvalue weighted by Gasteiger charge is -2.33. The molecular weight excluding hydrogens is 442 g/mol. The molecule has 2 heterocycles. The number of rotatable bonds is 7. The summed E-state index contributed by atoms with van der Waals surface area (Å²) >= 11 is 5.92. The SMILES string of the molecule is COC(=O)CN(Cc1ccc(Cl)cc1)C(=O)C1CCN(S(=O)(=O)c2cccnc2)CC1. The van der Waals surface area contributed by atoms with Gasteiger partial charge in [0, 0.05) is 43.0 Å². The van der Waals surface area contributed by atoms with Crippen molar-refractivity contribution in [1.29, 1.82) is 0 Å². The number of amides is 1. The van der Waals surface area contributed by atoms with Gasteiger partial charge in [0.25, 0.3) is 0 Å². The van der Waals surface area contributed by atoms with Crippen LogP contribution in [0.2, 0.25) is 5.02 Å². The molecule has 0 N–H and O–H groups in total. The van der Waals surface area contributed by atoms with Crippen LogP contribution < -0.4 is 0 Å². The van der Waals surface area contributed by atoms with E-state index in [1.807, 2.05) is 0 Å². The van der Waals surface area contributed by atoms with E-state index in [4.69, 9.17) is 16.3 Å². The fourth-order valence-corrected chi connectivity index (χ4v) is 5.05. The normalized spacial score (nSPS) is 15.4. The summed E-state index contributed by atoms with van der Waals surface area (Å²) in [6.07, 6.45) is 3.57. The maximum atomic E-state index is 13.2. The lowest BCUT2D eigenvalue weighted by atomic mass is 9.96. The van der Waals surface area contributed by atoms with Crippen LogP contribution in [-0.2, 0) is 30.9 Å². The molecule has 0 radical (unpaired) electrons. The number of benzene rings is 1. The number of pyridine rings is 1. The van der Waals surface area contributed by atoms with Crippen molar-refractivity contribution in [2.75, 3.05) is 26.7 Å². The van der Waals surface area contributed by atoms with Crippen LogP contribution in [-0.4, -0.2) is 61.2 Å². The number of halogens is 1. The third-order valence-electron chi connectivity index (χ3n) is 5.22. The lowest BCUT2D eigenvalue weighted by Crippen LogP contribution is -2.45. The Hall–Kier alpha value is -2.49. The maximum absolute atomic E-state index is 13.2. The molecule has 166 valence electrons. The van der Waals surface area contributed by atoms with Gasteiger partial charge in [0.05, 0.1) is 7.11 Å². The molecule has 1 fully saturated rings. The third-order valence-corrected chi connectivity index (χ3v) is 7.36. The van der Waals surface area contributed by atoms with Gasteiger partial charge in [-0.05, 0) is 42.7 Å². The third kappa shape index (κ3) is 5.81. The Morgan fingerprint density at radius 2 is 1.87 bits per heavy atom. The van der Waals surface area contributed by atoms with Crippen molar-refractivity contribution in [1.82, 2.24) is 14.2 Å². The Morgan fingerprint density at radius 3 is 2.45 bits per heavy atom. The second-order valence-electron chi connectivity index (χ2n) is 7.26. The first-order valence-electron chi connectivity index (χ1n) is 9.81. The molecule has 1 aliphatic rings. The molecule has 1 amide bonds. The summed E-state index contributed by atoms with van der Waals surface area (Å²) in [5, 5.41) is 0.580. The highest BCUT2D eigenvalue weighted by molar-refractivity contribution is 7.89. The van der Waals surface area contributed by atoms with Gasteiger partial charge in [0.15, 0.2) is 0 Å². The number of esters is 1. The second-order valence-corrected chi connectivity index (χ2v) is 9.64. The average Bonchev–Trinajstić information content (AvgIpc) is 2.80. The summed E-state index contributed by atoms with van der Waals surface area (Å²) < 4.78 is 31.6. The van der Waals surface area contributed by atoms with Gasteiger partial charge in [0.2, 0.25) is 15.9 Å². The number of carbonyl (C=O) groups excluding carboxylic acids is 2. The molecule has 0 saturated carbocycles. The molecule has 2 aromatic rings. The molecule has 1 aliphatic heterocycles. The predicted molar refractivity (Wildman–Crippen MR) is 115 cm³/mol. The average molecular weight is 466 g/mol. The van der Waals surface area contributed by atoms with Crippen molar-refractivity contribution < 1.29 is 22.7 Å². The van der Waals surface area contributed by atoms with Gasteiger partial charge in [-0.15, -0.1) is 0 Å². The Bertz CT molecular complexity index is 1010. The summed E-state index contributed by atoms with van der Waals surface area (Å²) in [7, 11) is -2.37. The van der Waals surface area contributed by atoms with E-state index in [0.29, 0.717) is 17.9 Å². The highest BCUT2D eigenvalue weighted by Crippen LogP contribution is 2.25. The van der Waals surface area contributed by atoms with E-state index in [-0.39, 0.29) is 42.9 Å². The minimum Gasteiger partial charge on any atom is -0.468 e. The number of hydrogen-bond acceptors (Lipinski definition) is 6. The van der Waals surface area contributed by atoms with Crippen LogP contribution in [0, 0.1) is 5.92 Å². The molecule has 0 bridgehead atoms. The Morgan fingerprint density at radius 1 is 1.19 bits per heavy atom. The number of hydrogen-bond donors (Lipinski definition) is 0. The molecule has 0 atom stereocenters. The zero-order valence-corrected chi connectivity index (χ0v) is 18.7. The van der Waals surface area contributed by atoms with Crippen LogP contribution in [0.5, 0.6) is 0 Å². The number of aromatic nitrogens is 1. The lowest BCUT2D eigenvalue weighted by molar-refractivity contribution is -0.149. The summed E-state index contributed by atoms with van der Waals surface area (Å²) in [5.41, 5.74) is 0.832. The van der Waals surface area contributed by atoms with E-state index in [1.54, 1.807) is 30.3 Å². The first-order valence-corrected chi connectivity index (χ1v) is 11.6. The topological polar surface area (TPSA) is 96.9 Å². The van der Waals surface area contributed by atoms with E-state index in [9.17, 15) is 18.0 Å². The zero-order valence-electron chi connectivity index (χ0n) is 17.1. The minimum absolute atomic E-state index is 0.134. The summed E-state index contributed by atoms with van der Waals surface area (Å²) in [5.74, 6) is -1.09. The van der Waals surface area contributed by atoms with Gasteiger partial charge in [-0.3, -0.25) is 14.6 Å². The van der Waals surface area contributed by atoms with Crippen LogP contribution in [0.1, 0.15) is 18.4 Å². The summed E-state index contributed by atoms with van der Waals surface area (Å²) in [6, 6.07) is 10.1. The van der Waals surface area contributed by atoms with Crippen molar-refractivity contribution in [2.24, 2.45) is 5.92 Å². The molecule has 1 saturated heterocycles. The molecular formula is C21H24ClN3O5S. The van der Waals surface area contributed by atoms with Gasteiger partial charge in [-0.1, -0.05) is 23.7 Å². The fraction of sp³-hybridized carbons (Fsp3) is 0.381. The highest BCUT2D eigenvalue weighted by Gasteiger charge is 2.34. The molecule has 1 aromatic carbocycles. The fourth-order valence-electron chi connectivity index (χ4n) is 3.49. The number of sulfonamides is 1. The van der Waals surface area contributed by atoms with Crippen LogP contribution in [0.15, 0.2) is 53.7 Å². The largest absolute Gasteiger partial charge is 0.468 e. The number of piperidine rings is 1. The molecule has 3 rings (SSSR count). The van der Waals surface area contributed by atoms with Crippen molar-refractivity contribution in [2.45, 2.75) is 24.3 Å². The van der Waals surface area contributed by atoms with Crippen LogP contribution >= 0.6 is 11.6 Å². The predicted octanol–water partition coefficient (Wildman–Crippen LogP) is 2.34. The summed E-state index contributed by atoms with van der Waals surface area (Å²) in [6.45, 7) is 0.507. The molecule has 10 heteroatoms. The number of ether oxygens (including phenoxy) is 1. The van der Waals surface area contributed by atoms with Gasteiger partial charge in [-0.2, -0.15) is 4.31 Å². The van der Waals surface area contributed by atoms with Crippen LogP contribution in [0.4, 0.5) is 0 Å². The van der Waals surface area contributed by atoms with Crippen LogP contribution in [0.25, 0.3) is 0 Å². The molecule has 0 spiro atoms. The van der Waals surface area contributed by atoms with Crippen LogP contribution in [0.3, 0.4) is 0 Å². The van der Waals surface area contributed by atoms with E-state index < -0.39 is 16.0 Å². The van der Waals surface area contributed by atoms with Crippen molar-refractivity contribution >= 4 is 33.5 Å². The Balaban J connectivity index is 1.68. The van der Waals surface area contributed by atoms with Gasteiger partial charge in [0.1, 0.15) is 11.4 Å². The minimum atomic E-state index is -3.65. The summed E-state index contributed by atoms with van der Waals surface area (Å²) in [4.78, 5) is 30.5. The van der Waals surface area contributed by atoms with Crippen molar-refractivity contribution in [3.8, 4) is 0 Å². The van der Waals surface area contributed by atoms with E-state index in [1.165, 1.54) is 34.8 Å². The molecule has 0 unspecified atom stereocenters. The van der Waals surface area contributed by atoms with E-state index >= 15 is 0 Å². The first kappa shape index (κ1) is 23.2. The van der Waals surface area contributed by atoms with E-state index in [2.05, 4.69) is 4.98 Å². The smallest absolute Gasteiger partial charge is 0.325 e. The first-order chi connectivity index (χ1) is 14.8. The van der Waals surface area contributed by atoms with Gasteiger partial charge in [-0.25, -0.2) is 8.42 Å². The Kier molecular flexibility index (Phi) is 7.64. The number of nitrogens with zero attached hydrogens (tertiary/aromatic N) is 3. The zero-order chi connectivity index (χ0) is 22.4. The number of carbonyl (C=O) groups is 2. The monoisotopic (exact) mass is 465 g/mol. The second kappa shape index (κ2) is 10.2. The van der Waals surface area contributed by atoms with Crippen molar-refractivity contribution in [3.63, 3.8) is 0 Å². The maximum Gasteiger partial charge on any atom is 0.325 e. The molecule has 0 aliphatic carbocycles. The highest BCUT2D eigenvalue weighted by atomic mass is 35.5. The van der Waals surface area contributed by atoms with Crippen molar-refractivity contribution in [3.05, 3.63) is 59.4 Å². The Labute approximate surface area is 186 Å². The molecule has 8 nitrogen and oxygen atoms in total. The standard InChI is InChI=1S/C21H24ClN3O5S/c1-30-20(26)15-24(14-16-4-6-18(22)7-5-16)21(27)17-8-11-25(12-9-17)31(28,29)19-3-2-10-23-13-19/h2-7,10,13,17H,8-9,11-12,14-15H2,1H3. The molecule has 31 heavy (non-hydrogen) atoms. The van der Waals surface area contributed by atoms with Gasteiger partial charge >= 0.3 is 5.97 Å². The molecule has 1 aromatic heterocycles. The van der Waals surface area contributed by atoms with Gasteiger partial charge < -0.3 is 9.64 Å². The number of methoxy groups -OCH3 is 1. The van der Waals surface area contributed by atoms with E-state index in [0.717, 1.165) is 5.56 Å². The quantitative estimate of drug-likeness (QED) is 0.582.